The van der Waals surface area contributed by atoms with Gasteiger partial charge in [0.2, 0.25) is 11.8 Å². The molecule has 0 unspecified atom stereocenters. The molecule has 5 heteroatoms. The number of piperazine rings is 1. The van der Waals surface area contributed by atoms with E-state index in [-0.39, 0.29) is 30.7 Å². The Kier molecular flexibility index (Phi) is 3.43. The Morgan fingerprint density at radius 1 is 1.35 bits per heavy atom. The van der Waals surface area contributed by atoms with Crippen LogP contribution in [-0.2, 0) is 14.4 Å². The number of carbonyl (C=O) groups is 3. The van der Waals surface area contributed by atoms with Crippen LogP contribution in [0.5, 0.6) is 0 Å². The Labute approximate surface area is 102 Å². The maximum atomic E-state index is 11.9. The molecule has 1 heterocycles. The topological polar surface area (TPSA) is 66.5 Å². The van der Waals surface area contributed by atoms with Gasteiger partial charge >= 0.3 is 0 Å². The summed E-state index contributed by atoms with van der Waals surface area (Å²) >= 11 is 0. The van der Waals surface area contributed by atoms with E-state index in [0.717, 1.165) is 0 Å². The highest BCUT2D eigenvalue weighted by atomic mass is 16.2. The maximum absolute atomic E-state index is 11.9. The van der Waals surface area contributed by atoms with Gasteiger partial charge in [-0.15, -0.1) is 0 Å². The van der Waals surface area contributed by atoms with E-state index in [1.807, 2.05) is 20.8 Å². The second kappa shape index (κ2) is 4.22. The van der Waals surface area contributed by atoms with Gasteiger partial charge in [-0.2, -0.15) is 0 Å². The number of carbonyl (C=O) groups excluding carboxylic acids is 3. The molecule has 0 aromatic heterocycles. The largest absolute Gasteiger partial charge is 0.298 e. The van der Waals surface area contributed by atoms with Crippen LogP contribution in [0.3, 0.4) is 0 Å². The zero-order chi connectivity index (χ0) is 13.4. The van der Waals surface area contributed by atoms with E-state index in [0.29, 0.717) is 0 Å². The van der Waals surface area contributed by atoms with Gasteiger partial charge in [0, 0.05) is 5.41 Å². The van der Waals surface area contributed by atoms with Crippen molar-refractivity contribution >= 4 is 17.6 Å². The Morgan fingerprint density at radius 2 is 1.88 bits per heavy atom. The number of nitrogens with zero attached hydrogens (tertiary/aromatic N) is 1. The van der Waals surface area contributed by atoms with Crippen molar-refractivity contribution in [2.24, 2.45) is 5.41 Å². The Bertz CT molecular complexity index is 366. The first kappa shape index (κ1) is 13.8. The van der Waals surface area contributed by atoms with Crippen molar-refractivity contribution in [2.75, 3.05) is 13.1 Å². The van der Waals surface area contributed by atoms with Crippen molar-refractivity contribution in [3.8, 4) is 0 Å². The molecule has 0 spiro atoms. The molecule has 1 fully saturated rings. The summed E-state index contributed by atoms with van der Waals surface area (Å²) in [6, 6.07) is 0. The van der Waals surface area contributed by atoms with E-state index in [1.54, 1.807) is 18.7 Å². The minimum atomic E-state index is -0.825. The van der Waals surface area contributed by atoms with E-state index in [9.17, 15) is 14.4 Å². The predicted molar refractivity (Wildman–Crippen MR) is 63.3 cm³/mol. The lowest BCUT2D eigenvalue weighted by Gasteiger charge is -2.40. The van der Waals surface area contributed by atoms with Crippen LogP contribution < -0.4 is 5.32 Å². The third-order valence-corrected chi connectivity index (χ3v) is 3.10. The van der Waals surface area contributed by atoms with E-state index < -0.39 is 11.0 Å². The van der Waals surface area contributed by atoms with E-state index in [4.69, 9.17) is 0 Å². The normalized spacial score (nSPS) is 21.2. The fraction of sp³-hybridized carbons (Fsp3) is 0.750. The van der Waals surface area contributed by atoms with Gasteiger partial charge in [-0.05, 0) is 13.8 Å². The Balaban J connectivity index is 2.85. The number of rotatable bonds is 2. The van der Waals surface area contributed by atoms with E-state index >= 15 is 0 Å². The molecule has 0 aromatic carbocycles. The Morgan fingerprint density at radius 3 is 2.35 bits per heavy atom. The van der Waals surface area contributed by atoms with Crippen LogP contribution in [0.25, 0.3) is 0 Å². The average molecular weight is 240 g/mol. The lowest BCUT2D eigenvalue weighted by atomic mass is 9.89. The summed E-state index contributed by atoms with van der Waals surface area (Å²) in [6.07, 6.45) is 0. The van der Waals surface area contributed by atoms with Crippen molar-refractivity contribution < 1.29 is 14.4 Å². The molecule has 0 saturated carbocycles. The van der Waals surface area contributed by atoms with Crippen LogP contribution in [0.4, 0.5) is 0 Å². The first-order valence-electron chi connectivity index (χ1n) is 5.68. The van der Waals surface area contributed by atoms with E-state index in [2.05, 4.69) is 5.32 Å². The number of hydrogen-bond acceptors (Lipinski definition) is 4. The van der Waals surface area contributed by atoms with Gasteiger partial charge in [0.1, 0.15) is 0 Å². The lowest BCUT2D eigenvalue weighted by molar-refractivity contribution is -0.147. The van der Waals surface area contributed by atoms with Gasteiger partial charge in [-0.25, -0.2) is 0 Å². The number of hydrogen-bond donors (Lipinski definition) is 1. The molecule has 1 N–H and O–H groups in total. The second-order valence-electron chi connectivity index (χ2n) is 5.97. The number of ketones is 1. The molecule has 0 radical (unpaired) electrons. The SMILES string of the molecule is CC(C)(C)C(=O)CN1CC(=O)NC(=O)C1(C)C. The third kappa shape index (κ3) is 2.91. The molecule has 0 aliphatic carbocycles. The van der Waals surface area contributed by atoms with Crippen LogP contribution in [0.1, 0.15) is 34.6 Å². The molecule has 5 nitrogen and oxygen atoms in total. The first-order valence-corrected chi connectivity index (χ1v) is 5.68. The molecule has 2 amide bonds. The quantitative estimate of drug-likeness (QED) is 0.707. The second-order valence-corrected chi connectivity index (χ2v) is 5.97. The van der Waals surface area contributed by atoms with Gasteiger partial charge in [-0.3, -0.25) is 24.6 Å². The fourth-order valence-corrected chi connectivity index (χ4v) is 1.50. The maximum Gasteiger partial charge on any atom is 0.246 e. The molecule has 1 rings (SSSR count). The third-order valence-electron chi connectivity index (χ3n) is 3.10. The zero-order valence-electron chi connectivity index (χ0n) is 11.1. The van der Waals surface area contributed by atoms with Crippen LogP contribution >= 0.6 is 0 Å². The zero-order valence-corrected chi connectivity index (χ0v) is 11.1. The van der Waals surface area contributed by atoms with Crippen molar-refractivity contribution in [2.45, 2.75) is 40.2 Å². The van der Waals surface area contributed by atoms with Crippen molar-refractivity contribution in [3.63, 3.8) is 0 Å². The molecule has 96 valence electrons. The highest BCUT2D eigenvalue weighted by Crippen LogP contribution is 2.21. The molecule has 0 bridgehead atoms. The summed E-state index contributed by atoms with van der Waals surface area (Å²) in [4.78, 5) is 36.6. The molecule has 1 aliphatic rings. The van der Waals surface area contributed by atoms with Gasteiger partial charge < -0.3 is 0 Å². The molecule has 17 heavy (non-hydrogen) atoms. The highest BCUT2D eigenvalue weighted by Gasteiger charge is 2.42. The van der Waals surface area contributed by atoms with Crippen LogP contribution in [0.15, 0.2) is 0 Å². The monoisotopic (exact) mass is 240 g/mol. The molecule has 1 saturated heterocycles. The minimum Gasteiger partial charge on any atom is -0.298 e. The minimum absolute atomic E-state index is 0.0214. The first-order chi connectivity index (χ1) is 7.55. The lowest BCUT2D eigenvalue weighted by Crippen LogP contribution is -2.65. The Hall–Kier alpha value is -1.23. The highest BCUT2D eigenvalue weighted by molar-refractivity contribution is 6.03. The standard InChI is InChI=1S/C12H20N2O3/c1-11(2,3)8(15)6-14-7-9(16)13-10(17)12(14,4)5/h6-7H2,1-5H3,(H,13,16,17). The summed E-state index contributed by atoms with van der Waals surface area (Å²) in [5.74, 6) is -0.681. The summed E-state index contributed by atoms with van der Waals surface area (Å²) in [5.41, 5.74) is -1.29. The number of amides is 2. The van der Waals surface area contributed by atoms with Gasteiger partial charge in [0.15, 0.2) is 5.78 Å². The number of imide groups is 1. The van der Waals surface area contributed by atoms with Crippen LogP contribution in [-0.4, -0.2) is 41.1 Å². The smallest absolute Gasteiger partial charge is 0.246 e. The van der Waals surface area contributed by atoms with Crippen molar-refractivity contribution in [1.82, 2.24) is 10.2 Å². The molecule has 1 aliphatic heterocycles. The average Bonchev–Trinajstić information content (AvgIpc) is 2.12. The summed E-state index contributed by atoms with van der Waals surface area (Å²) in [6.45, 7) is 9.11. The number of nitrogens with one attached hydrogen (secondary N) is 1. The molecule has 0 atom stereocenters. The van der Waals surface area contributed by atoms with Crippen LogP contribution in [0, 0.1) is 5.41 Å². The van der Waals surface area contributed by atoms with Gasteiger partial charge in [0.05, 0.1) is 18.6 Å². The van der Waals surface area contributed by atoms with E-state index in [1.165, 1.54) is 0 Å². The predicted octanol–water partition coefficient (Wildman–Crippen LogP) is 0.339. The van der Waals surface area contributed by atoms with Crippen molar-refractivity contribution in [3.05, 3.63) is 0 Å². The molecule has 0 aromatic rings. The van der Waals surface area contributed by atoms with Gasteiger partial charge in [-0.1, -0.05) is 20.8 Å². The number of Topliss-reactive ketones (excluding diaryl/α,β-unsaturated/α-hetero) is 1. The molecular formula is C12H20N2O3. The molecular weight excluding hydrogens is 220 g/mol. The van der Waals surface area contributed by atoms with Crippen LogP contribution in [0.2, 0.25) is 0 Å². The fourth-order valence-electron chi connectivity index (χ4n) is 1.50. The summed E-state index contributed by atoms with van der Waals surface area (Å²) < 4.78 is 0. The summed E-state index contributed by atoms with van der Waals surface area (Å²) in [7, 11) is 0. The van der Waals surface area contributed by atoms with Crippen molar-refractivity contribution in [1.29, 1.82) is 0 Å². The van der Waals surface area contributed by atoms with Gasteiger partial charge in [0.25, 0.3) is 0 Å². The summed E-state index contributed by atoms with van der Waals surface area (Å²) in [5, 5.41) is 2.28.